The highest BCUT2D eigenvalue weighted by Gasteiger charge is 2.40. The molecule has 0 aliphatic heterocycles. The van der Waals surface area contributed by atoms with Gasteiger partial charge in [0.1, 0.15) is 12.4 Å². The van der Waals surface area contributed by atoms with Crippen molar-refractivity contribution in [2.24, 2.45) is 17.8 Å². The molecular formula is C22H34Cl2N2OS. The highest BCUT2D eigenvalue weighted by atomic mass is 35.5. The molecule has 28 heavy (non-hydrogen) atoms. The summed E-state index contributed by atoms with van der Waals surface area (Å²) < 4.78 is 9.87. The van der Waals surface area contributed by atoms with Crippen LogP contribution in [0.5, 0.6) is 5.75 Å². The zero-order valence-corrected chi connectivity index (χ0v) is 20.0. The van der Waals surface area contributed by atoms with Crippen molar-refractivity contribution in [3.63, 3.8) is 0 Å². The van der Waals surface area contributed by atoms with E-state index >= 15 is 0 Å². The number of nitrogens with one attached hydrogen (secondary N) is 2. The van der Waals surface area contributed by atoms with Gasteiger partial charge >= 0.3 is 0 Å². The molecule has 158 valence electrons. The fourth-order valence-corrected chi connectivity index (χ4v) is 5.17. The van der Waals surface area contributed by atoms with Crippen molar-refractivity contribution in [3.05, 3.63) is 40.4 Å². The van der Waals surface area contributed by atoms with Crippen LogP contribution in [0.15, 0.2) is 24.8 Å². The predicted molar refractivity (Wildman–Crippen MR) is 125 cm³/mol. The molecule has 1 aromatic rings. The maximum Gasteiger partial charge on any atom is 0.126 e. The van der Waals surface area contributed by atoms with Gasteiger partial charge in [0.25, 0.3) is 0 Å². The van der Waals surface area contributed by atoms with Crippen molar-refractivity contribution < 1.29 is 4.74 Å². The summed E-state index contributed by atoms with van der Waals surface area (Å²) in [6.45, 7) is 14.2. The number of halogens is 2. The van der Waals surface area contributed by atoms with E-state index in [9.17, 15) is 0 Å². The minimum Gasteiger partial charge on any atom is -0.489 e. The van der Waals surface area contributed by atoms with Gasteiger partial charge in [0.15, 0.2) is 0 Å². The SMILES string of the molecule is C=CCOc1cc(Cl)c(Cl)cc1C(NSC(C)(C)C)C1C(C)CCC1CNC. The average molecular weight is 446 g/mol. The van der Waals surface area contributed by atoms with Crippen LogP contribution in [0.25, 0.3) is 0 Å². The predicted octanol–water partition coefficient (Wildman–Crippen LogP) is 6.52. The zero-order valence-electron chi connectivity index (χ0n) is 17.6. The van der Waals surface area contributed by atoms with E-state index in [0.717, 1.165) is 17.9 Å². The molecule has 0 radical (unpaired) electrons. The quantitative estimate of drug-likeness (QED) is 0.335. The summed E-state index contributed by atoms with van der Waals surface area (Å²) in [5.41, 5.74) is 1.08. The Balaban J connectivity index is 2.48. The van der Waals surface area contributed by atoms with Crippen molar-refractivity contribution in [2.75, 3.05) is 20.2 Å². The Morgan fingerprint density at radius 2 is 1.96 bits per heavy atom. The summed E-state index contributed by atoms with van der Waals surface area (Å²) in [6, 6.07) is 3.94. The van der Waals surface area contributed by atoms with Gasteiger partial charge in [0, 0.05) is 22.4 Å². The van der Waals surface area contributed by atoms with Gasteiger partial charge in [-0.2, -0.15) is 0 Å². The first kappa shape index (κ1) is 23.9. The van der Waals surface area contributed by atoms with Crippen LogP contribution in [0.3, 0.4) is 0 Å². The largest absolute Gasteiger partial charge is 0.489 e. The summed E-state index contributed by atoms with van der Waals surface area (Å²) in [6.07, 6.45) is 4.22. The minimum absolute atomic E-state index is 0.0942. The monoisotopic (exact) mass is 444 g/mol. The summed E-state index contributed by atoms with van der Waals surface area (Å²) in [7, 11) is 2.03. The maximum atomic E-state index is 6.44. The topological polar surface area (TPSA) is 33.3 Å². The van der Waals surface area contributed by atoms with E-state index in [1.165, 1.54) is 12.8 Å². The van der Waals surface area contributed by atoms with Gasteiger partial charge in [-0.25, -0.2) is 0 Å². The van der Waals surface area contributed by atoms with E-state index in [-0.39, 0.29) is 10.8 Å². The Morgan fingerprint density at radius 3 is 2.57 bits per heavy atom. The van der Waals surface area contributed by atoms with Crippen LogP contribution in [-0.4, -0.2) is 24.9 Å². The molecule has 1 saturated carbocycles. The molecule has 2 N–H and O–H groups in total. The molecule has 0 amide bonds. The first-order valence-corrected chi connectivity index (χ1v) is 11.6. The van der Waals surface area contributed by atoms with Crippen molar-refractivity contribution >= 4 is 35.1 Å². The summed E-state index contributed by atoms with van der Waals surface area (Å²) >= 11 is 14.5. The molecule has 1 aliphatic rings. The number of ether oxygens (including phenoxy) is 1. The van der Waals surface area contributed by atoms with Crippen LogP contribution in [-0.2, 0) is 0 Å². The van der Waals surface area contributed by atoms with E-state index < -0.39 is 0 Å². The third kappa shape index (κ3) is 6.30. The Hall–Kier alpha value is -0.390. The van der Waals surface area contributed by atoms with Gasteiger partial charge in [-0.15, -0.1) is 0 Å². The lowest BCUT2D eigenvalue weighted by Gasteiger charge is -2.35. The van der Waals surface area contributed by atoms with E-state index in [2.05, 4.69) is 44.3 Å². The lowest BCUT2D eigenvalue weighted by Crippen LogP contribution is -2.35. The highest BCUT2D eigenvalue weighted by Crippen LogP contribution is 2.48. The first-order chi connectivity index (χ1) is 13.2. The summed E-state index contributed by atoms with van der Waals surface area (Å²) in [5, 5.41) is 4.46. The Labute approximate surface area is 185 Å². The lowest BCUT2D eigenvalue weighted by molar-refractivity contribution is 0.252. The van der Waals surface area contributed by atoms with Crippen molar-refractivity contribution in [1.82, 2.24) is 10.0 Å². The molecule has 0 spiro atoms. The van der Waals surface area contributed by atoms with Crippen molar-refractivity contribution in [2.45, 2.75) is 51.3 Å². The average Bonchev–Trinajstić information content (AvgIpc) is 2.97. The van der Waals surface area contributed by atoms with Gasteiger partial charge in [0.05, 0.1) is 10.0 Å². The number of hydrogen-bond donors (Lipinski definition) is 2. The van der Waals surface area contributed by atoms with E-state index in [4.69, 9.17) is 27.9 Å². The van der Waals surface area contributed by atoms with Gasteiger partial charge in [-0.1, -0.05) is 61.1 Å². The van der Waals surface area contributed by atoms with E-state index in [1.54, 1.807) is 18.0 Å². The Kier molecular flexibility index (Phi) is 9.03. The molecule has 1 aliphatic carbocycles. The van der Waals surface area contributed by atoms with Gasteiger partial charge in [-0.3, -0.25) is 4.72 Å². The molecule has 0 aromatic heterocycles. The second-order valence-corrected chi connectivity index (χ2v) is 11.1. The zero-order chi connectivity index (χ0) is 20.9. The third-order valence-electron chi connectivity index (χ3n) is 5.28. The van der Waals surface area contributed by atoms with Gasteiger partial charge < -0.3 is 10.1 Å². The molecule has 0 saturated heterocycles. The summed E-state index contributed by atoms with van der Waals surface area (Å²) in [5.74, 6) is 2.46. The number of benzene rings is 1. The van der Waals surface area contributed by atoms with Gasteiger partial charge in [0.2, 0.25) is 0 Å². The summed E-state index contributed by atoms with van der Waals surface area (Å²) in [4.78, 5) is 0. The minimum atomic E-state index is 0.0942. The van der Waals surface area contributed by atoms with Crippen molar-refractivity contribution in [1.29, 1.82) is 0 Å². The fraction of sp³-hybridized carbons (Fsp3) is 0.636. The molecule has 1 fully saturated rings. The molecule has 2 rings (SSSR count). The Morgan fingerprint density at radius 1 is 1.29 bits per heavy atom. The standard InChI is InChI=1S/C22H34Cl2N2OS/c1-7-10-27-19-12-18(24)17(23)11-16(19)21(26-28-22(3,4)5)20-14(2)8-9-15(20)13-25-6/h7,11-12,14-15,20-21,25-26H,1,8-10,13H2,2-6H3. The molecule has 0 heterocycles. The molecule has 6 heteroatoms. The van der Waals surface area contributed by atoms with Crippen molar-refractivity contribution in [3.8, 4) is 5.75 Å². The second kappa shape index (κ2) is 10.6. The first-order valence-electron chi connectivity index (χ1n) is 9.98. The Bertz CT molecular complexity index is 661. The third-order valence-corrected chi connectivity index (χ3v) is 6.99. The molecule has 3 nitrogen and oxygen atoms in total. The van der Waals surface area contributed by atoms with E-state index in [0.29, 0.717) is 34.4 Å². The van der Waals surface area contributed by atoms with Crippen LogP contribution in [0, 0.1) is 17.8 Å². The second-order valence-electron chi connectivity index (χ2n) is 8.66. The number of hydrogen-bond acceptors (Lipinski definition) is 4. The van der Waals surface area contributed by atoms with Crippen LogP contribution >= 0.6 is 35.1 Å². The normalized spacial score (nSPS) is 23.6. The fourth-order valence-electron chi connectivity index (χ4n) is 4.08. The molecular weight excluding hydrogens is 411 g/mol. The lowest BCUT2D eigenvalue weighted by atomic mass is 9.80. The number of rotatable bonds is 9. The van der Waals surface area contributed by atoms with Crippen LogP contribution in [0.2, 0.25) is 10.0 Å². The molecule has 4 unspecified atom stereocenters. The van der Waals surface area contributed by atoms with Crippen LogP contribution in [0.4, 0.5) is 0 Å². The molecule has 0 bridgehead atoms. The van der Waals surface area contributed by atoms with Crippen LogP contribution < -0.4 is 14.8 Å². The van der Waals surface area contributed by atoms with Gasteiger partial charge in [-0.05, 0) is 64.6 Å². The van der Waals surface area contributed by atoms with Crippen LogP contribution in [0.1, 0.15) is 52.1 Å². The molecule has 1 aromatic carbocycles. The van der Waals surface area contributed by atoms with E-state index in [1.807, 2.05) is 19.2 Å². The molecule has 4 atom stereocenters. The maximum absolute atomic E-state index is 6.44. The smallest absolute Gasteiger partial charge is 0.126 e. The highest BCUT2D eigenvalue weighted by molar-refractivity contribution is 7.98.